The Morgan fingerprint density at radius 3 is 2.67 bits per heavy atom. The van der Waals surface area contributed by atoms with Gasteiger partial charge < -0.3 is 10.5 Å². The fourth-order valence-electron chi connectivity index (χ4n) is 1.25. The van der Waals surface area contributed by atoms with E-state index in [1.165, 1.54) is 0 Å². The van der Waals surface area contributed by atoms with Gasteiger partial charge >= 0.3 is 0 Å². The monoisotopic (exact) mass is 200 g/mol. The van der Waals surface area contributed by atoms with E-state index in [4.69, 9.17) is 10.5 Å². The molecular formula is C12H12N2O. The number of nitrogens with two attached hydrogens (primary N) is 1. The molecule has 15 heavy (non-hydrogen) atoms. The van der Waals surface area contributed by atoms with Gasteiger partial charge in [-0.3, -0.25) is 4.98 Å². The standard InChI is InChI=1S/C12H12N2O/c13-11-2-1-3-12(8-11)15-9-10-4-6-14-7-5-10/h1-8H,9,13H2. The van der Waals surface area contributed by atoms with Crippen molar-refractivity contribution in [2.24, 2.45) is 0 Å². The Bertz CT molecular complexity index is 429. The third kappa shape index (κ3) is 2.71. The third-order valence-corrected chi connectivity index (χ3v) is 2.01. The number of aromatic nitrogens is 1. The fraction of sp³-hybridized carbons (Fsp3) is 0.0833. The molecule has 1 aromatic heterocycles. The maximum absolute atomic E-state index is 5.64. The predicted octanol–water partition coefficient (Wildman–Crippen LogP) is 2.24. The Morgan fingerprint density at radius 2 is 1.93 bits per heavy atom. The molecule has 0 aliphatic carbocycles. The molecule has 0 fully saturated rings. The molecule has 1 heterocycles. The zero-order chi connectivity index (χ0) is 10.5. The maximum Gasteiger partial charge on any atom is 0.121 e. The number of benzene rings is 1. The largest absolute Gasteiger partial charge is 0.489 e. The Balaban J connectivity index is 1.99. The van der Waals surface area contributed by atoms with Crippen molar-refractivity contribution in [1.82, 2.24) is 4.98 Å². The molecule has 0 amide bonds. The van der Waals surface area contributed by atoms with Gasteiger partial charge in [-0.25, -0.2) is 0 Å². The molecule has 0 radical (unpaired) electrons. The van der Waals surface area contributed by atoms with Gasteiger partial charge in [0.2, 0.25) is 0 Å². The summed E-state index contributed by atoms with van der Waals surface area (Å²) in [4.78, 5) is 3.94. The number of pyridine rings is 1. The van der Waals surface area contributed by atoms with E-state index >= 15 is 0 Å². The van der Waals surface area contributed by atoms with Crippen LogP contribution in [0.2, 0.25) is 0 Å². The molecule has 2 rings (SSSR count). The van der Waals surface area contributed by atoms with Crippen molar-refractivity contribution in [3.8, 4) is 5.75 Å². The van der Waals surface area contributed by atoms with Crippen molar-refractivity contribution in [3.63, 3.8) is 0 Å². The highest BCUT2D eigenvalue weighted by Crippen LogP contribution is 2.15. The molecule has 0 spiro atoms. The molecule has 0 atom stereocenters. The second-order valence-corrected chi connectivity index (χ2v) is 3.22. The average molecular weight is 200 g/mol. The topological polar surface area (TPSA) is 48.1 Å². The van der Waals surface area contributed by atoms with Crippen LogP contribution in [0, 0.1) is 0 Å². The summed E-state index contributed by atoms with van der Waals surface area (Å²) in [5, 5.41) is 0. The molecule has 0 bridgehead atoms. The Labute approximate surface area is 88.5 Å². The summed E-state index contributed by atoms with van der Waals surface area (Å²) in [5.41, 5.74) is 7.44. The summed E-state index contributed by atoms with van der Waals surface area (Å²) in [6.07, 6.45) is 3.50. The van der Waals surface area contributed by atoms with E-state index in [1.807, 2.05) is 30.3 Å². The predicted molar refractivity (Wildman–Crippen MR) is 59.4 cm³/mol. The number of anilines is 1. The zero-order valence-corrected chi connectivity index (χ0v) is 8.26. The summed E-state index contributed by atoms with van der Waals surface area (Å²) >= 11 is 0. The minimum Gasteiger partial charge on any atom is -0.489 e. The van der Waals surface area contributed by atoms with E-state index in [2.05, 4.69) is 4.98 Å². The Kier molecular flexibility index (Phi) is 2.83. The van der Waals surface area contributed by atoms with Crippen molar-refractivity contribution in [2.75, 3.05) is 5.73 Å². The summed E-state index contributed by atoms with van der Waals surface area (Å²) in [5.74, 6) is 0.784. The van der Waals surface area contributed by atoms with Crippen LogP contribution in [0.4, 0.5) is 5.69 Å². The number of ether oxygens (including phenoxy) is 1. The molecule has 0 aliphatic rings. The van der Waals surface area contributed by atoms with Crippen molar-refractivity contribution >= 4 is 5.69 Å². The Morgan fingerprint density at radius 1 is 1.13 bits per heavy atom. The average Bonchev–Trinajstić information content (AvgIpc) is 2.28. The van der Waals surface area contributed by atoms with Gasteiger partial charge in [-0.2, -0.15) is 0 Å². The molecule has 0 aliphatic heterocycles. The van der Waals surface area contributed by atoms with Crippen LogP contribution in [-0.2, 0) is 6.61 Å². The molecule has 2 N–H and O–H groups in total. The van der Waals surface area contributed by atoms with Gasteiger partial charge in [0.25, 0.3) is 0 Å². The minimum absolute atomic E-state index is 0.534. The van der Waals surface area contributed by atoms with E-state index < -0.39 is 0 Å². The van der Waals surface area contributed by atoms with Crippen LogP contribution in [0.5, 0.6) is 5.75 Å². The van der Waals surface area contributed by atoms with Crippen LogP contribution in [0.25, 0.3) is 0 Å². The molecule has 0 saturated heterocycles. The summed E-state index contributed by atoms with van der Waals surface area (Å²) < 4.78 is 5.57. The molecule has 3 heteroatoms. The first-order valence-corrected chi connectivity index (χ1v) is 4.72. The second-order valence-electron chi connectivity index (χ2n) is 3.22. The van der Waals surface area contributed by atoms with Crippen LogP contribution in [0.15, 0.2) is 48.8 Å². The van der Waals surface area contributed by atoms with Crippen molar-refractivity contribution in [2.45, 2.75) is 6.61 Å². The number of hydrogen-bond donors (Lipinski definition) is 1. The van der Waals surface area contributed by atoms with Gasteiger partial charge in [0.1, 0.15) is 12.4 Å². The van der Waals surface area contributed by atoms with E-state index in [0.29, 0.717) is 12.3 Å². The highest BCUT2D eigenvalue weighted by atomic mass is 16.5. The molecule has 1 aromatic carbocycles. The van der Waals surface area contributed by atoms with Gasteiger partial charge in [0, 0.05) is 24.1 Å². The van der Waals surface area contributed by atoms with Gasteiger partial charge in [-0.1, -0.05) is 6.07 Å². The number of hydrogen-bond acceptors (Lipinski definition) is 3. The summed E-state index contributed by atoms with van der Waals surface area (Å²) in [7, 11) is 0. The second kappa shape index (κ2) is 4.46. The van der Waals surface area contributed by atoms with Crippen LogP contribution >= 0.6 is 0 Å². The molecule has 3 nitrogen and oxygen atoms in total. The van der Waals surface area contributed by atoms with Gasteiger partial charge in [0.15, 0.2) is 0 Å². The minimum atomic E-state index is 0.534. The van der Waals surface area contributed by atoms with Crippen LogP contribution in [-0.4, -0.2) is 4.98 Å². The summed E-state index contributed by atoms with van der Waals surface area (Å²) in [6.45, 7) is 0.534. The molecule has 2 aromatic rings. The number of nitrogens with zero attached hydrogens (tertiary/aromatic N) is 1. The molecule has 0 saturated carbocycles. The van der Waals surface area contributed by atoms with Crippen LogP contribution in [0.1, 0.15) is 5.56 Å². The van der Waals surface area contributed by atoms with Crippen molar-refractivity contribution in [3.05, 3.63) is 54.4 Å². The lowest BCUT2D eigenvalue weighted by Gasteiger charge is -2.06. The van der Waals surface area contributed by atoms with Gasteiger partial charge in [0.05, 0.1) is 0 Å². The zero-order valence-electron chi connectivity index (χ0n) is 8.26. The normalized spacial score (nSPS) is 9.87. The van der Waals surface area contributed by atoms with E-state index in [9.17, 15) is 0 Å². The fourth-order valence-corrected chi connectivity index (χ4v) is 1.25. The lowest BCUT2D eigenvalue weighted by Crippen LogP contribution is -1.95. The first kappa shape index (κ1) is 9.52. The van der Waals surface area contributed by atoms with Crippen LogP contribution in [0.3, 0.4) is 0 Å². The van der Waals surface area contributed by atoms with E-state index in [-0.39, 0.29) is 0 Å². The van der Waals surface area contributed by atoms with Gasteiger partial charge in [-0.05, 0) is 29.8 Å². The van der Waals surface area contributed by atoms with Crippen LogP contribution < -0.4 is 10.5 Å². The third-order valence-electron chi connectivity index (χ3n) is 2.01. The quantitative estimate of drug-likeness (QED) is 0.773. The lowest BCUT2D eigenvalue weighted by atomic mass is 10.3. The number of nitrogen functional groups attached to an aromatic ring is 1. The lowest BCUT2D eigenvalue weighted by molar-refractivity contribution is 0.306. The molecular weight excluding hydrogens is 188 g/mol. The van der Waals surface area contributed by atoms with E-state index in [0.717, 1.165) is 11.3 Å². The Hall–Kier alpha value is -2.03. The van der Waals surface area contributed by atoms with Crippen molar-refractivity contribution in [1.29, 1.82) is 0 Å². The highest BCUT2D eigenvalue weighted by molar-refractivity contribution is 5.43. The highest BCUT2D eigenvalue weighted by Gasteiger charge is 1.95. The smallest absolute Gasteiger partial charge is 0.121 e. The first-order valence-electron chi connectivity index (χ1n) is 4.72. The van der Waals surface area contributed by atoms with Crippen molar-refractivity contribution < 1.29 is 4.74 Å². The number of rotatable bonds is 3. The molecule has 76 valence electrons. The first-order chi connectivity index (χ1) is 7.34. The van der Waals surface area contributed by atoms with E-state index in [1.54, 1.807) is 18.5 Å². The SMILES string of the molecule is Nc1cccc(OCc2ccncc2)c1. The maximum atomic E-state index is 5.64. The summed E-state index contributed by atoms with van der Waals surface area (Å²) in [6, 6.07) is 11.2. The van der Waals surface area contributed by atoms with Gasteiger partial charge in [-0.15, -0.1) is 0 Å². The molecule has 0 unspecified atom stereocenters.